The minimum atomic E-state index is -0.159. The molecule has 0 aliphatic carbocycles. The molecule has 0 aromatic carbocycles. The summed E-state index contributed by atoms with van der Waals surface area (Å²) in [6.45, 7) is 33.0. The van der Waals surface area contributed by atoms with Crippen LogP contribution in [-0.2, 0) is 4.74 Å². The van der Waals surface area contributed by atoms with Gasteiger partial charge in [0.25, 0.3) is 0 Å². The second-order valence-electron chi connectivity index (χ2n) is 12.6. The van der Waals surface area contributed by atoms with E-state index in [-0.39, 0.29) is 32.9 Å². The number of rotatable bonds is 8. The summed E-state index contributed by atoms with van der Waals surface area (Å²) in [4.78, 5) is 0. The van der Waals surface area contributed by atoms with Crippen LogP contribution in [0.5, 0.6) is 0 Å². The van der Waals surface area contributed by atoms with E-state index in [1.165, 1.54) is 0 Å². The average Bonchev–Trinajstić information content (AvgIpc) is 2.20. The first-order valence-electron chi connectivity index (χ1n) is 10.1. The van der Waals surface area contributed by atoms with Crippen LogP contribution in [0.2, 0.25) is 0 Å². The number of hydrogen-bond donors (Lipinski definition) is 1. The van der Waals surface area contributed by atoms with Gasteiger partial charge in [-0.3, -0.25) is 0 Å². The molecule has 2 nitrogen and oxygen atoms in total. The van der Waals surface area contributed by atoms with Crippen molar-refractivity contribution in [2.75, 3.05) is 6.61 Å². The maximum atomic E-state index is 6.46. The van der Waals surface area contributed by atoms with E-state index in [4.69, 9.17) is 4.74 Å². The lowest BCUT2D eigenvalue weighted by Crippen LogP contribution is -2.51. The number of hydrogen-bond acceptors (Lipinski definition) is 2. The fourth-order valence-corrected chi connectivity index (χ4v) is 3.42. The molecule has 0 spiro atoms. The Morgan fingerprint density at radius 3 is 1.44 bits per heavy atom. The lowest BCUT2D eigenvalue weighted by atomic mass is 9.59. The minimum Gasteiger partial charge on any atom is -0.375 e. The highest BCUT2D eigenvalue weighted by Gasteiger charge is 2.45. The van der Waals surface area contributed by atoms with Crippen molar-refractivity contribution in [3.63, 3.8) is 0 Å². The summed E-state index contributed by atoms with van der Waals surface area (Å²) in [5.41, 5.74) is 0.667. The fraction of sp³-hybridized carbons (Fsp3) is 1.00. The van der Waals surface area contributed by atoms with Gasteiger partial charge in [-0.05, 0) is 77.6 Å². The van der Waals surface area contributed by atoms with Gasteiger partial charge in [0.1, 0.15) is 0 Å². The SMILES string of the molecule is CC(C)(C)NC(C)(C)CCOC(C)(C)C(C)(C)CC(C)(C)C(C)(C)C. The largest absolute Gasteiger partial charge is 0.375 e. The van der Waals surface area contributed by atoms with Crippen molar-refractivity contribution in [1.29, 1.82) is 0 Å². The predicted molar refractivity (Wildman–Crippen MR) is 113 cm³/mol. The molecule has 0 aliphatic rings. The van der Waals surface area contributed by atoms with Crippen LogP contribution >= 0.6 is 0 Å². The second-order valence-corrected chi connectivity index (χ2v) is 12.6. The third kappa shape index (κ3) is 7.99. The summed E-state index contributed by atoms with van der Waals surface area (Å²) in [7, 11) is 0. The predicted octanol–water partition coefficient (Wildman–Crippen LogP) is 6.83. The van der Waals surface area contributed by atoms with Gasteiger partial charge in [-0.15, -0.1) is 0 Å². The molecular weight excluding hydrogens is 306 g/mol. The van der Waals surface area contributed by atoms with Crippen LogP contribution in [0.25, 0.3) is 0 Å². The Hall–Kier alpha value is -0.0800. The van der Waals surface area contributed by atoms with Gasteiger partial charge in [0.2, 0.25) is 0 Å². The zero-order valence-corrected chi connectivity index (χ0v) is 20.0. The lowest BCUT2D eigenvalue weighted by molar-refractivity contribution is -0.123. The van der Waals surface area contributed by atoms with Crippen molar-refractivity contribution in [2.45, 2.75) is 126 Å². The Morgan fingerprint density at radius 2 is 1.08 bits per heavy atom. The molecule has 0 saturated heterocycles. The van der Waals surface area contributed by atoms with Crippen LogP contribution in [-0.4, -0.2) is 23.3 Å². The van der Waals surface area contributed by atoms with Gasteiger partial charge < -0.3 is 10.1 Å². The molecule has 0 unspecified atom stereocenters. The van der Waals surface area contributed by atoms with Gasteiger partial charge in [-0.25, -0.2) is 0 Å². The molecule has 0 aromatic rings. The molecule has 152 valence electrons. The average molecular weight is 356 g/mol. The summed E-state index contributed by atoms with van der Waals surface area (Å²) in [6, 6.07) is 0. The third-order valence-electron chi connectivity index (χ3n) is 6.45. The highest BCUT2D eigenvalue weighted by molar-refractivity contribution is 4.95. The van der Waals surface area contributed by atoms with Crippen LogP contribution in [0.1, 0.15) is 110 Å². The van der Waals surface area contributed by atoms with Crippen LogP contribution in [0.15, 0.2) is 0 Å². The molecule has 0 atom stereocenters. The minimum absolute atomic E-state index is 0.0726. The monoisotopic (exact) mass is 355 g/mol. The molecule has 1 N–H and O–H groups in total. The Balaban J connectivity index is 4.91. The smallest absolute Gasteiger partial charge is 0.0677 e. The Morgan fingerprint density at radius 1 is 0.640 bits per heavy atom. The number of nitrogens with one attached hydrogen (secondary N) is 1. The van der Waals surface area contributed by atoms with Crippen LogP contribution < -0.4 is 5.32 Å². The van der Waals surface area contributed by atoms with E-state index >= 15 is 0 Å². The van der Waals surface area contributed by atoms with E-state index in [9.17, 15) is 0 Å². The molecule has 0 rings (SSSR count). The first-order chi connectivity index (χ1) is 10.6. The van der Waals surface area contributed by atoms with Crippen LogP contribution in [0.4, 0.5) is 0 Å². The first-order valence-corrected chi connectivity index (χ1v) is 10.1. The van der Waals surface area contributed by atoms with Gasteiger partial charge in [-0.2, -0.15) is 0 Å². The van der Waals surface area contributed by atoms with Gasteiger partial charge >= 0.3 is 0 Å². The molecule has 0 fully saturated rings. The Bertz CT molecular complexity index is 416. The van der Waals surface area contributed by atoms with Crippen molar-refractivity contribution in [1.82, 2.24) is 5.32 Å². The zero-order chi connectivity index (χ0) is 20.5. The van der Waals surface area contributed by atoms with Crippen molar-refractivity contribution in [3.8, 4) is 0 Å². The second kappa shape index (κ2) is 7.50. The molecule has 0 bridgehead atoms. The summed E-state index contributed by atoms with van der Waals surface area (Å²) in [5, 5.41) is 3.70. The van der Waals surface area contributed by atoms with Gasteiger partial charge in [-0.1, -0.05) is 48.5 Å². The topological polar surface area (TPSA) is 21.3 Å². The van der Waals surface area contributed by atoms with Gasteiger partial charge in [0.05, 0.1) is 5.60 Å². The van der Waals surface area contributed by atoms with E-state index in [1.807, 2.05) is 0 Å². The molecule has 25 heavy (non-hydrogen) atoms. The van der Waals surface area contributed by atoms with Crippen LogP contribution in [0, 0.1) is 16.2 Å². The van der Waals surface area contributed by atoms with Crippen molar-refractivity contribution in [3.05, 3.63) is 0 Å². The summed E-state index contributed by atoms with van der Waals surface area (Å²) in [6.07, 6.45) is 2.15. The van der Waals surface area contributed by atoms with Crippen LogP contribution in [0.3, 0.4) is 0 Å². The standard InChI is InChI=1S/C23H49NO/c1-18(2,3)20(7,8)17-21(9,10)23(13,14)25-16-15-22(11,12)24-19(4,5)6/h24H,15-17H2,1-14H3. The quantitative estimate of drug-likeness (QED) is 0.515. The highest BCUT2D eigenvalue weighted by Crippen LogP contribution is 2.50. The molecule has 0 heterocycles. The van der Waals surface area contributed by atoms with Gasteiger partial charge in [0.15, 0.2) is 0 Å². The van der Waals surface area contributed by atoms with Crippen molar-refractivity contribution in [2.24, 2.45) is 16.2 Å². The zero-order valence-electron chi connectivity index (χ0n) is 20.0. The normalized spacial score (nSPS) is 15.6. The molecule has 2 heteroatoms. The Kier molecular flexibility index (Phi) is 7.48. The van der Waals surface area contributed by atoms with E-state index in [0.29, 0.717) is 0 Å². The maximum Gasteiger partial charge on any atom is 0.0677 e. The first kappa shape index (κ1) is 24.9. The molecule has 0 amide bonds. The van der Waals surface area contributed by atoms with E-state index < -0.39 is 0 Å². The Labute approximate surface area is 159 Å². The van der Waals surface area contributed by atoms with Gasteiger partial charge in [0, 0.05) is 17.7 Å². The molecule has 0 saturated carbocycles. The molecule has 0 aromatic heterocycles. The summed E-state index contributed by atoms with van der Waals surface area (Å²) < 4.78 is 6.46. The van der Waals surface area contributed by atoms with Crippen molar-refractivity contribution < 1.29 is 4.74 Å². The van der Waals surface area contributed by atoms with Crippen molar-refractivity contribution >= 4 is 0 Å². The highest BCUT2D eigenvalue weighted by atomic mass is 16.5. The molecular formula is C23H49NO. The number of ether oxygens (including phenoxy) is 1. The summed E-state index contributed by atoms with van der Waals surface area (Å²) >= 11 is 0. The molecule has 0 radical (unpaired) electrons. The van der Waals surface area contributed by atoms with E-state index in [1.54, 1.807) is 0 Å². The third-order valence-corrected chi connectivity index (χ3v) is 6.45. The van der Waals surface area contributed by atoms with E-state index in [2.05, 4.69) is 102 Å². The van der Waals surface area contributed by atoms with E-state index in [0.717, 1.165) is 19.4 Å². The molecule has 0 aliphatic heterocycles. The maximum absolute atomic E-state index is 6.46. The lowest BCUT2D eigenvalue weighted by Gasteiger charge is -2.50. The summed E-state index contributed by atoms with van der Waals surface area (Å²) in [5.74, 6) is 0. The fourth-order valence-electron chi connectivity index (χ4n) is 3.42.